The summed E-state index contributed by atoms with van der Waals surface area (Å²) in [5, 5.41) is 7.26. The topological polar surface area (TPSA) is 25.8 Å². The van der Waals surface area contributed by atoms with Gasteiger partial charge in [0.25, 0.3) is 0 Å². The van der Waals surface area contributed by atoms with Crippen molar-refractivity contribution in [1.29, 1.82) is 0 Å². The second-order valence-corrected chi connectivity index (χ2v) is 13.6. The molecule has 3 heteroatoms. The van der Waals surface area contributed by atoms with Crippen LogP contribution in [0.2, 0.25) is 0 Å². The summed E-state index contributed by atoms with van der Waals surface area (Å²) in [6, 6.07) is 57.3. The van der Waals surface area contributed by atoms with E-state index in [2.05, 4.69) is 158 Å². The van der Waals surface area contributed by atoms with Crippen molar-refractivity contribution in [3.05, 3.63) is 170 Å². The lowest BCUT2D eigenvalue weighted by atomic mass is 9.94. The standard InChI is InChI=1S/C46H28N2S/c1-2-9-29(10-3-1)30-19-21-31(22-20-30)35-15-7-17-40-41-18-8-16-36(46(41)49-45(35)40)34-12-6-11-32(27-34)33-23-24-39-42(28-33)37-13-4-5-14-38(37)43-44(39)48-26-25-47-43/h1-28H. The van der Waals surface area contributed by atoms with Crippen molar-refractivity contribution >= 4 is 64.1 Å². The van der Waals surface area contributed by atoms with E-state index in [0.29, 0.717) is 0 Å². The first-order valence-electron chi connectivity index (χ1n) is 16.6. The Morgan fingerprint density at radius 2 is 0.796 bits per heavy atom. The third kappa shape index (κ3) is 4.55. The van der Waals surface area contributed by atoms with Crippen molar-refractivity contribution in [3.8, 4) is 44.5 Å². The quantitative estimate of drug-likeness (QED) is 0.179. The monoisotopic (exact) mass is 640 g/mol. The summed E-state index contributed by atoms with van der Waals surface area (Å²) >= 11 is 1.90. The molecule has 8 aromatic carbocycles. The maximum Gasteiger partial charge on any atom is 0.0971 e. The highest BCUT2D eigenvalue weighted by Crippen LogP contribution is 2.44. The lowest BCUT2D eigenvalue weighted by Crippen LogP contribution is -1.89. The molecule has 0 aliphatic carbocycles. The van der Waals surface area contributed by atoms with Crippen LogP contribution in [0.1, 0.15) is 0 Å². The summed E-state index contributed by atoms with van der Waals surface area (Å²) in [7, 11) is 0. The molecule has 0 aliphatic rings. The van der Waals surface area contributed by atoms with Gasteiger partial charge in [-0.3, -0.25) is 9.97 Å². The molecule has 0 fully saturated rings. The number of nitrogens with zero attached hydrogens (tertiary/aromatic N) is 2. The van der Waals surface area contributed by atoms with Gasteiger partial charge in [-0.1, -0.05) is 146 Å². The van der Waals surface area contributed by atoms with Gasteiger partial charge in [-0.05, 0) is 67.4 Å². The first-order valence-corrected chi connectivity index (χ1v) is 17.4. The molecule has 0 bridgehead atoms. The summed E-state index contributed by atoms with van der Waals surface area (Å²) < 4.78 is 2.64. The Morgan fingerprint density at radius 3 is 1.53 bits per heavy atom. The Hall–Kier alpha value is -6.16. The van der Waals surface area contributed by atoms with Gasteiger partial charge >= 0.3 is 0 Å². The van der Waals surface area contributed by atoms with Gasteiger partial charge in [-0.2, -0.15) is 0 Å². The van der Waals surface area contributed by atoms with E-state index in [0.717, 1.165) is 21.8 Å². The molecular formula is C46H28N2S. The second-order valence-electron chi connectivity index (χ2n) is 12.6. The molecule has 2 heterocycles. The first-order chi connectivity index (χ1) is 24.3. The average Bonchev–Trinajstić information content (AvgIpc) is 3.58. The zero-order chi connectivity index (χ0) is 32.3. The second kappa shape index (κ2) is 11.2. The zero-order valence-corrected chi connectivity index (χ0v) is 27.3. The van der Waals surface area contributed by atoms with E-state index in [9.17, 15) is 0 Å². The Bertz CT molecular complexity index is 2830. The minimum absolute atomic E-state index is 0.944. The largest absolute Gasteiger partial charge is 0.252 e. The number of thiophene rings is 1. The van der Waals surface area contributed by atoms with E-state index in [1.807, 2.05) is 11.3 Å². The van der Waals surface area contributed by atoms with Gasteiger partial charge < -0.3 is 0 Å². The highest BCUT2D eigenvalue weighted by molar-refractivity contribution is 7.26. The van der Waals surface area contributed by atoms with Gasteiger partial charge in [0.05, 0.1) is 11.0 Å². The zero-order valence-electron chi connectivity index (χ0n) is 26.5. The number of fused-ring (bicyclic) bond motifs is 9. The van der Waals surface area contributed by atoms with Gasteiger partial charge in [0, 0.05) is 43.3 Å². The van der Waals surface area contributed by atoms with Crippen LogP contribution >= 0.6 is 11.3 Å². The van der Waals surface area contributed by atoms with E-state index in [4.69, 9.17) is 9.97 Å². The van der Waals surface area contributed by atoms with E-state index in [1.165, 1.54) is 75.5 Å². The third-order valence-corrected chi connectivity index (χ3v) is 11.1. The Labute approximate surface area is 287 Å². The van der Waals surface area contributed by atoms with Gasteiger partial charge in [-0.25, -0.2) is 0 Å². The molecule has 0 unspecified atom stereocenters. The number of benzene rings is 8. The van der Waals surface area contributed by atoms with E-state index < -0.39 is 0 Å². The Balaban J connectivity index is 1.09. The van der Waals surface area contributed by atoms with Crippen molar-refractivity contribution in [1.82, 2.24) is 9.97 Å². The summed E-state index contributed by atoms with van der Waals surface area (Å²) in [5.74, 6) is 0. The molecule has 0 spiro atoms. The maximum absolute atomic E-state index is 4.74. The molecule has 0 aliphatic heterocycles. The highest BCUT2D eigenvalue weighted by Gasteiger charge is 2.15. The minimum atomic E-state index is 0.944. The molecule has 228 valence electrons. The summed E-state index contributed by atoms with van der Waals surface area (Å²) in [6.07, 6.45) is 3.56. The van der Waals surface area contributed by atoms with Crippen LogP contribution in [0, 0.1) is 0 Å². The number of aromatic nitrogens is 2. The fourth-order valence-corrected chi connectivity index (χ4v) is 8.80. The molecule has 0 saturated carbocycles. The molecule has 0 atom stereocenters. The van der Waals surface area contributed by atoms with Crippen LogP contribution in [-0.4, -0.2) is 9.97 Å². The predicted octanol–water partition coefficient (Wildman–Crippen LogP) is 13.0. The molecule has 0 saturated heterocycles. The van der Waals surface area contributed by atoms with E-state index in [-0.39, 0.29) is 0 Å². The maximum atomic E-state index is 4.74. The van der Waals surface area contributed by atoms with Crippen molar-refractivity contribution in [2.24, 2.45) is 0 Å². The number of hydrogen-bond acceptors (Lipinski definition) is 3. The third-order valence-electron chi connectivity index (χ3n) is 9.78. The van der Waals surface area contributed by atoms with Crippen molar-refractivity contribution in [3.63, 3.8) is 0 Å². The molecule has 10 rings (SSSR count). The highest BCUT2D eigenvalue weighted by atomic mass is 32.1. The summed E-state index contributed by atoms with van der Waals surface area (Å²) in [4.78, 5) is 9.44. The minimum Gasteiger partial charge on any atom is -0.252 e. The van der Waals surface area contributed by atoms with Gasteiger partial charge in [0.1, 0.15) is 0 Å². The molecule has 10 aromatic rings. The average molecular weight is 641 g/mol. The normalized spacial score (nSPS) is 11.7. The van der Waals surface area contributed by atoms with Crippen LogP contribution in [0.25, 0.3) is 97.3 Å². The van der Waals surface area contributed by atoms with Crippen LogP contribution in [0.5, 0.6) is 0 Å². The predicted molar refractivity (Wildman–Crippen MR) is 209 cm³/mol. The number of hydrogen-bond donors (Lipinski definition) is 0. The van der Waals surface area contributed by atoms with Gasteiger partial charge in [0.2, 0.25) is 0 Å². The molecule has 2 aromatic heterocycles. The van der Waals surface area contributed by atoms with E-state index >= 15 is 0 Å². The van der Waals surface area contributed by atoms with Crippen molar-refractivity contribution < 1.29 is 0 Å². The Morgan fingerprint density at radius 1 is 0.306 bits per heavy atom. The molecule has 49 heavy (non-hydrogen) atoms. The van der Waals surface area contributed by atoms with Gasteiger partial charge in [0.15, 0.2) is 0 Å². The molecule has 0 radical (unpaired) electrons. The summed E-state index contributed by atoms with van der Waals surface area (Å²) in [6.45, 7) is 0. The fraction of sp³-hybridized carbons (Fsp3) is 0. The van der Waals surface area contributed by atoms with Crippen molar-refractivity contribution in [2.75, 3.05) is 0 Å². The van der Waals surface area contributed by atoms with E-state index in [1.54, 1.807) is 12.4 Å². The molecular weight excluding hydrogens is 613 g/mol. The molecule has 0 N–H and O–H groups in total. The van der Waals surface area contributed by atoms with Crippen molar-refractivity contribution in [2.45, 2.75) is 0 Å². The molecule has 0 amide bonds. The van der Waals surface area contributed by atoms with Gasteiger partial charge in [-0.15, -0.1) is 11.3 Å². The smallest absolute Gasteiger partial charge is 0.0971 e. The molecule has 2 nitrogen and oxygen atoms in total. The Kier molecular flexibility index (Phi) is 6.39. The fourth-order valence-electron chi connectivity index (χ4n) is 7.42. The SMILES string of the molecule is c1ccc(-c2ccc(-c3cccc4c3sc3c(-c5cccc(-c6ccc7c(c6)c6ccccc6c6nccnc76)c5)cccc34)cc2)cc1. The first kappa shape index (κ1) is 27.9. The van der Waals surface area contributed by atoms with Crippen LogP contribution < -0.4 is 0 Å². The van der Waals surface area contributed by atoms with Crippen LogP contribution in [0.4, 0.5) is 0 Å². The lowest BCUT2D eigenvalue weighted by molar-refractivity contribution is 1.31. The lowest BCUT2D eigenvalue weighted by Gasteiger charge is -2.11. The van der Waals surface area contributed by atoms with Crippen LogP contribution in [0.15, 0.2) is 170 Å². The summed E-state index contributed by atoms with van der Waals surface area (Å²) in [5.41, 5.74) is 11.7. The number of rotatable bonds is 4. The van der Waals surface area contributed by atoms with Crippen LogP contribution in [-0.2, 0) is 0 Å². The van der Waals surface area contributed by atoms with Crippen LogP contribution in [0.3, 0.4) is 0 Å².